The van der Waals surface area contributed by atoms with Crippen LogP contribution in [0.5, 0.6) is 0 Å². The predicted octanol–water partition coefficient (Wildman–Crippen LogP) is 2.85. The molecular formula is C13H22F3NO2. The number of halogens is 3. The number of hydrogen-bond acceptors (Lipinski definition) is 3. The summed E-state index contributed by atoms with van der Waals surface area (Å²) in [4.78, 5) is 0. The van der Waals surface area contributed by atoms with Crippen LogP contribution >= 0.6 is 0 Å². The summed E-state index contributed by atoms with van der Waals surface area (Å²) in [7, 11) is 0. The predicted molar refractivity (Wildman–Crippen MR) is 64.7 cm³/mol. The first-order valence-corrected chi connectivity index (χ1v) is 6.87. The van der Waals surface area contributed by atoms with Gasteiger partial charge in [0.2, 0.25) is 0 Å². The van der Waals surface area contributed by atoms with Gasteiger partial charge in [-0.3, -0.25) is 0 Å². The minimum absolute atomic E-state index is 0.00925. The molecular weight excluding hydrogens is 259 g/mol. The van der Waals surface area contributed by atoms with Gasteiger partial charge in [-0.05, 0) is 33.1 Å². The third kappa shape index (κ3) is 4.33. The van der Waals surface area contributed by atoms with Crippen LogP contribution in [-0.4, -0.2) is 37.3 Å². The van der Waals surface area contributed by atoms with E-state index in [4.69, 9.17) is 9.47 Å². The van der Waals surface area contributed by atoms with Gasteiger partial charge in [0.15, 0.2) is 5.79 Å². The fourth-order valence-electron chi connectivity index (χ4n) is 2.76. The largest absolute Gasteiger partial charge is 0.391 e. The lowest BCUT2D eigenvalue weighted by atomic mass is 9.85. The van der Waals surface area contributed by atoms with E-state index in [0.717, 1.165) is 6.42 Å². The summed E-state index contributed by atoms with van der Waals surface area (Å²) in [6.45, 7) is 4.65. The van der Waals surface area contributed by atoms with Crippen molar-refractivity contribution < 1.29 is 22.6 Å². The monoisotopic (exact) mass is 281 g/mol. The number of alkyl halides is 3. The quantitative estimate of drug-likeness (QED) is 0.844. The van der Waals surface area contributed by atoms with Crippen LogP contribution in [0.3, 0.4) is 0 Å². The maximum atomic E-state index is 12.7. The molecule has 0 bridgehead atoms. The maximum Gasteiger partial charge on any atom is 0.391 e. The molecule has 0 amide bonds. The lowest BCUT2D eigenvalue weighted by molar-refractivity contribution is -0.254. The van der Waals surface area contributed by atoms with E-state index in [-0.39, 0.29) is 24.9 Å². The molecule has 1 aliphatic carbocycles. The Bertz CT molecular complexity index is 297. The minimum atomic E-state index is -4.07. The highest BCUT2D eigenvalue weighted by Gasteiger charge is 2.42. The molecule has 0 radical (unpaired) electrons. The standard InChI is InChI=1S/C13H22F3NO2/c1-12(2)18-7-11(8-19-12)17-10-5-3-4-9(6-10)13(14,15)16/h9-11,17H,3-8H2,1-2H3. The topological polar surface area (TPSA) is 30.5 Å². The van der Waals surface area contributed by atoms with Crippen LogP contribution in [-0.2, 0) is 9.47 Å². The zero-order valence-corrected chi connectivity index (χ0v) is 11.4. The normalized spacial score (nSPS) is 33.3. The number of hydrogen-bond donors (Lipinski definition) is 1. The van der Waals surface area contributed by atoms with Crippen molar-refractivity contribution in [3.63, 3.8) is 0 Å². The summed E-state index contributed by atoms with van der Waals surface area (Å²) in [5.74, 6) is -1.75. The minimum Gasteiger partial charge on any atom is -0.349 e. The molecule has 19 heavy (non-hydrogen) atoms. The number of nitrogens with one attached hydrogen (secondary N) is 1. The van der Waals surface area contributed by atoms with Crippen molar-refractivity contribution in [2.24, 2.45) is 5.92 Å². The van der Waals surface area contributed by atoms with E-state index < -0.39 is 17.9 Å². The molecule has 6 heteroatoms. The molecule has 2 aliphatic rings. The molecule has 2 rings (SSSR count). The Labute approximate surface area is 111 Å². The smallest absolute Gasteiger partial charge is 0.349 e. The zero-order chi connectivity index (χ0) is 14.1. The molecule has 0 spiro atoms. The Kier molecular flexibility index (Phi) is 4.42. The van der Waals surface area contributed by atoms with Crippen LogP contribution in [0.1, 0.15) is 39.5 Å². The Hall–Kier alpha value is -0.330. The molecule has 1 saturated carbocycles. The van der Waals surface area contributed by atoms with Gasteiger partial charge in [0.05, 0.1) is 25.2 Å². The van der Waals surface area contributed by atoms with Crippen molar-refractivity contribution in [2.75, 3.05) is 13.2 Å². The maximum absolute atomic E-state index is 12.7. The molecule has 0 aromatic heterocycles. The Balaban J connectivity index is 1.80. The summed E-state index contributed by atoms with van der Waals surface area (Å²) in [6.07, 6.45) is -2.22. The zero-order valence-electron chi connectivity index (χ0n) is 11.4. The van der Waals surface area contributed by atoms with Crippen LogP contribution in [0.2, 0.25) is 0 Å². The molecule has 3 nitrogen and oxygen atoms in total. The first kappa shape index (κ1) is 15.1. The molecule has 2 atom stereocenters. The first-order chi connectivity index (χ1) is 8.76. The molecule has 1 saturated heterocycles. The fourth-order valence-corrected chi connectivity index (χ4v) is 2.76. The Morgan fingerprint density at radius 1 is 1.05 bits per heavy atom. The second kappa shape index (κ2) is 5.58. The van der Waals surface area contributed by atoms with Crippen molar-refractivity contribution in [3.8, 4) is 0 Å². The van der Waals surface area contributed by atoms with Gasteiger partial charge in [-0.25, -0.2) is 0 Å². The lowest BCUT2D eigenvalue weighted by Gasteiger charge is -2.38. The molecule has 1 aliphatic heterocycles. The molecule has 112 valence electrons. The second-order valence-corrected chi connectivity index (χ2v) is 5.99. The van der Waals surface area contributed by atoms with Gasteiger partial charge in [0, 0.05) is 6.04 Å². The molecule has 2 fully saturated rings. The highest BCUT2D eigenvalue weighted by atomic mass is 19.4. The lowest BCUT2D eigenvalue weighted by Crippen LogP contribution is -2.52. The van der Waals surface area contributed by atoms with Gasteiger partial charge >= 0.3 is 6.18 Å². The van der Waals surface area contributed by atoms with Gasteiger partial charge in [-0.1, -0.05) is 6.42 Å². The second-order valence-electron chi connectivity index (χ2n) is 5.99. The van der Waals surface area contributed by atoms with E-state index in [2.05, 4.69) is 5.32 Å². The van der Waals surface area contributed by atoms with Crippen LogP contribution in [0.4, 0.5) is 13.2 Å². The first-order valence-electron chi connectivity index (χ1n) is 6.87. The molecule has 0 aromatic rings. The average Bonchev–Trinajstić information content (AvgIpc) is 2.31. The average molecular weight is 281 g/mol. The third-order valence-corrected chi connectivity index (χ3v) is 3.87. The Morgan fingerprint density at radius 2 is 1.68 bits per heavy atom. The van der Waals surface area contributed by atoms with Crippen molar-refractivity contribution in [1.29, 1.82) is 0 Å². The molecule has 1 heterocycles. The molecule has 0 aromatic carbocycles. The van der Waals surface area contributed by atoms with E-state index in [1.54, 1.807) is 0 Å². The highest BCUT2D eigenvalue weighted by Crippen LogP contribution is 2.37. The highest BCUT2D eigenvalue weighted by molar-refractivity contribution is 4.85. The van der Waals surface area contributed by atoms with E-state index in [9.17, 15) is 13.2 Å². The van der Waals surface area contributed by atoms with Crippen molar-refractivity contribution in [2.45, 2.75) is 63.6 Å². The summed E-state index contributed by atoms with van der Waals surface area (Å²) >= 11 is 0. The number of rotatable bonds is 2. The van der Waals surface area contributed by atoms with Crippen molar-refractivity contribution >= 4 is 0 Å². The van der Waals surface area contributed by atoms with Gasteiger partial charge in [-0.2, -0.15) is 13.2 Å². The van der Waals surface area contributed by atoms with Crippen molar-refractivity contribution in [3.05, 3.63) is 0 Å². The van der Waals surface area contributed by atoms with Crippen molar-refractivity contribution in [1.82, 2.24) is 5.32 Å². The van der Waals surface area contributed by atoms with Gasteiger partial charge in [0.25, 0.3) is 0 Å². The summed E-state index contributed by atoms with van der Waals surface area (Å²) in [6, 6.07) is -0.0937. The van der Waals surface area contributed by atoms with E-state index in [0.29, 0.717) is 19.6 Å². The molecule has 2 unspecified atom stereocenters. The number of ether oxygens (including phenoxy) is 2. The van der Waals surface area contributed by atoms with Crippen LogP contribution < -0.4 is 5.32 Å². The van der Waals surface area contributed by atoms with Crippen LogP contribution in [0.15, 0.2) is 0 Å². The summed E-state index contributed by atoms with van der Waals surface area (Å²) < 4.78 is 49.2. The van der Waals surface area contributed by atoms with E-state index in [1.165, 1.54) is 0 Å². The SMILES string of the molecule is CC1(C)OCC(NC2CCCC(C(F)(F)F)C2)CO1. The third-order valence-electron chi connectivity index (χ3n) is 3.87. The fraction of sp³-hybridized carbons (Fsp3) is 1.00. The van der Waals surface area contributed by atoms with Gasteiger partial charge < -0.3 is 14.8 Å². The van der Waals surface area contributed by atoms with Gasteiger partial charge in [-0.15, -0.1) is 0 Å². The van der Waals surface area contributed by atoms with E-state index >= 15 is 0 Å². The van der Waals surface area contributed by atoms with Crippen LogP contribution in [0, 0.1) is 5.92 Å². The summed E-state index contributed by atoms with van der Waals surface area (Å²) in [5, 5.41) is 3.25. The van der Waals surface area contributed by atoms with Gasteiger partial charge in [0.1, 0.15) is 0 Å². The van der Waals surface area contributed by atoms with E-state index in [1.807, 2.05) is 13.8 Å². The molecule has 1 N–H and O–H groups in total. The summed E-state index contributed by atoms with van der Waals surface area (Å²) in [5.41, 5.74) is 0. The van der Waals surface area contributed by atoms with Crippen LogP contribution in [0.25, 0.3) is 0 Å². The Morgan fingerprint density at radius 3 is 2.26 bits per heavy atom.